The Kier molecular flexibility index (Phi) is 5.32. The maximum atomic E-state index is 11.5. The second-order valence-corrected chi connectivity index (χ2v) is 4.16. The summed E-state index contributed by atoms with van der Waals surface area (Å²) in [6.45, 7) is 0. The van der Waals surface area contributed by atoms with Gasteiger partial charge in [-0.15, -0.1) is 0 Å². The highest BCUT2D eigenvalue weighted by atomic mass is 35.5. The number of esters is 1. The SMILES string of the molecule is COC(=O)c1ccc(Cl)c(N/N=C(\C#N)C(=N)N)c1Cl. The first kappa shape index (κ1) is 15.8. The molecule has 0 saturated heterocycles. The summed E-state index contributed by atoms with van der Waals surface area (Å²) in [4.78, 5) is 11.5. The predicted octanol–water partition coefficient (Wildman–Crippen LogP) is 2.01. The zero-order valence-electron chi connectivity index (χ0n) is 10.2. The summed E-state index contributed by atoms with van der Waals surface area (Å²) in [5.74, 6) is -1.16. The Morgan fingerprint density at radius 2 is 2.20 bits per heavy atom. The lowest BCUT2D eigenvalue weighted by atomic mass is 10.2. The van der Waals surface area contributed by atoms with E-state index in [0.29, 0.717) is 0 Å². The zero-order chi connectivity index (χ0) is 15.3. The van der Waals surface area contributed by atoms with Crippen molar-refractivity contribution in [3.8, 4) is 6.07 Å². The number of anilines is 1. The van der Waals surface area contributed by atoms with E-state index in [2.05, 4.69) is 15.3 Å². The quantitative estimate of drug-likeness (QED) is 0.339. The Labute approximate surface area is 124 Å². The fraction of sp³-hybridized carbons (Fsp3) is 0.0909. The molecule has 0 bridgehead atoms. The van der Waals surface area contributed by atoms with Crippen LogP contribution in [0.15, 0.2) is 17.2 Å². The summed E-state index contributed by atoms with van der Waals surface area (Å²) in [5.41, 5.74) is 7.38. The monoisotopic (exact) mass is 313 g/mol. The van der Waals surface area contributed by atoms with E-state index >= 15 is 0 Å². The lowest BCUT2D eigenvalue weighted by Gasteiger charge is -2.09. The molecule has 1 rings (SSSR count). The van der Waals surface area contributed by atoms with Crippen molar-refractivity contribution in [2.45, 2.75) is 0 Å². The number of rotatable bonds is 4. The van der Waals surface area contributed by atoms with Crippen molar-refractivity contribution in [3.63, 3.8) is 0 Å². The predicted molar refractivity (Wildman–Crippen MR) is 76.4 cm³/mol. The van der Waals surface area contributed by atoms with Gasteiger partial charge in [0.1, 0.15) is 6.07 Å². The van der Waals surface area contributed by atoms with E-state index < -0.39 is 11.8 Å². The van der Waals surface area contributed by atoms with Crippen LogP contribution < -0.4 is 11.2 Å². The number of nitrogens with zero attached hydrogens (tertiary/aromatic N) is 2. The van der Waals surface area contributed by atoms with E-state index in [-0.39, 0.29) is 27.0 Å². The molecule has 0 spiro atoms. The van der Waals surface area contributed by atoms with Gasteiger partial charge < -0.3 is 10.5 Å². The van der Waals surface area contributed by atoms with Crippen molar-refractivity contribution >= 4 is 46.4 Å². The molecule has 7 nitrogen and oxygen atoms in total. The normalized spacial score (nSPS) is 10.6. The molecule has 0 radical (unpaired) electrons. The van der Waals surface area contributed by atoms with Crippen LogP contribution in [-0.2, 0) is 4.74 Å². The van der Waals surface area contributed by atoms with E-state index in [1.807, 2.05) is 0 Å². The van der Waals surface area contributed by atoms with Gasteiger partial charge in [-0.05, 0) is 12.1 Å². The fourth-order valence-corrected chi connectivity index (χ4v) is 1.71. The van der Waals surface area contributed by atoms with Crippen LogP contribution in [0.4, 0.5) is 5.69 Å². The molecule has 1 aromatic rings. The Morgan fingerprint density at radius 1 is 1.55 bits per heavy atom. The number of methoxy groups -OCH3 is 1. The van der Waals surface area contributed by atoms with Crippen LogP contribution in [0.25, 0.3) is 0 Å². The van der Waals surface area contributed by atoms with Crippen molar-refractivity contribution in [1.82, 2.24) is 0 Å². The minimum atomic E-state index is -0.647. The number of nitriles is 1. The number of ether oxygens (including phenoxy) is 1. The molecule has 0 aliphatic heterocycles. The topological polar surface area (TPSA) is 124 Å². The third-order valence-corrected chi connectivity index (χ3v) is 2.84. The molecule has 0 unspecified atom stereocenters. The van der Waals surface area contributed by atoms with E-state index in [0.717, 1.165) is 0 Å². The maximum Gasteiger partial charge on any atom is 0.339 e. The van der Waals surface area contributed by atoms with E-state index in [1.54, 1.807) is 6.07 Å². The molecular formula is C11H9Cl2N5O2. The van der Waals surface area contributed by atoms with Crippen LogP contribution in [0, 0.1) is 16.7 Å². The molecule has 0 aliphatic carbocycles. The van der Waals surface area contributed by atoms with Crippen molar-refractivity contribution in [1.29, 1.82) is 10.7 Å². The number of hydrogen-bond donors (Lipinski definition) is 3. The van der Waals surface area contributed by atoms with Crippen molar-refractivity contribution in [2.75, 3.05) is 12.5 Å². The first-order chi connectivity index (χ1) is 9.42. The van der Waals surface area contributed by atoms with Gasteiger partial charge >= 0.3 is 5.97 Å². The first-order valence-electron chi connectivity index (χ1n) is 5.06. The summed E-state index contributed by atoms with van der Waals surface area (Å²) in [5, 5.41) is 19.6. The molecule has 0 heterocycles. The first-order valence-corrected chi connectivity index (χ1v) is 5.82. The minimum Gasteiger partial charge on any atom is -0.465 e. The number of nitrogens with two attached hydrogens (primary N) is 1. The third kappa shape index (κ3) is 3.38. The van der Waals surface area contributed by atoms with Crippen LogP contribution in [0.2, 0.25) is 10.0 Å². The standard InChI is InChI=1S/C11H9Cl2N5O2/c1-20-11(19)5-2-3-6(12)9(8(5)13)18-17-7(4-14)10(15)16/h2-3,18H,1H3,(H3,15,16)/b17-7+. The molecule has 0 amide bonds. The van der Waals surface area contributed by atoms with Crippen LogP contribution >= 0.6 is 23.2 Å². The molecule has 0 fully saturated rings. The number of halogens is 2. The second-order valence-electron chi connectivity index (χ2n) is 3.37. The molecular weight excluding hydrogens is 305 g/mol. The van der Waals surface area contributed by atoms with Crippen molar-refractivity contribution < 1.29 is 9.53 Å². The van der Waals surface area contributed by atoms with E-state index in [9.17, 15) is 4.79 Å². The number of benzene rings is 1. The van der Waals surface area contributed by atoms with Crippen LogP contribution in [0.1, 0.15) is 10.4 Å². The Hall–Kier alpha value is -2.30. The summed E-state index contributed by atoms with van der Waals surface area (Å²) < 4.78 is 4.56. The van der Waals surface area contributed by atoms with Crippen LogP contribution in [0.5, 0.6) is 0 Å². The van der Waals surface area contributed by atoms with Gasteiger partial charge in [0.05, 0.1) is 28.4 Å². The minimum absolute atomic E-state index is 0.0195. The largest absolute Gasteiger partial charge is 0.465 e. The van der Waals surface area contributed by atoms with Crippen molar-refractivity contribution in [3.05, 3.63) is 27.7 Å². The summed E-state index contributed by atoms with van der Waals surface area (Å²) >= 11 is 11.9. The molecule has 104 valence electrons. The lowest BCUT2D eigenvalue weighted by molar-refractivity contribution is 0.0601. The Morgan fingerprint density at radius 3 is 2.70 bits per heavy atom. The lowest BCUT2D eigenvalue weighted by Crippen LogP contribution is -2.22. The molecule has 1 aromatic carbocycles. The van der Waals surface area contributed by atoms with Gasteiger partial charge in [-0.2, -0.15) is 10.4 Å². The van der Waals surface area contributed by atoms with Gasteiger partial charge in [0.2, 0.25) is 5.71 Å². The van der Waals surface area contributed by atoms with Gasteiger partial charge in [0.25, 0.3) is 0 Å². The summed E-state index contributed by atoms with van der Waals surface area (Å²) in [6.07, 6.45) is 0. The van der Waals surface area contributed by atoms with Gasteiger partial charge in [0.15, 0.2) is 5.84 Å². The molecule has 0 aromatic heterocycles. The average Bonchev–Trinajstić information content (AvgIpc) is 2.41. The molecule has 9 heteroatoms. The van der Waals surface area contributed by atoms with Crippen LogP contribution in [-0.4, -0.2) is 24.6 Å². The highest BCUT2D eigenvalue weighted by molar-refractivity contribution is 6.46. The molecule has 0 saturated carbocycles. The zero-order valence-corrected chi connectivity index (χ0v) is 11.7. The number of hydrazone groups is 1. The highest BCUT2D eigenvalue weighted by Crippen LogP contribution is 2.33. The molecule has 0 aliphatic rings. The van der Waals surface area contributed by atoms with E-state index in [1.165, 1.54) is 19.2 Å². The molecule has 20 heavy (non-hydrogen) atoms. The number of amidine groups is 1. The Bertz CT molecular complexity index is 636. The molecule has 0 atom stereocenters. The van der Waals surface area contributed by atoms with Crippen molar-refractivity contribution in [2.24, 2.45) is 10.8 Å². The molecule has 4 N–H and O–H groups in total. The van der Waals surface area contributed by atoms with Gasteiger partial charge in [-0.3, -0.25) is 10.8 Å². The maximum absolute atomic E-state index is 11.5. The van der Waals surface area contributed by atoms with E-state index in [4.69, 9.17) is 39.6 Å². The number of hydrogen-bond acceptors (Lipinski definition) is 6. The average molecular weight is 314 g/mol. The smallest absolute Gasteiger partial charge is 0.339 e. The third-order valence-electron chi connectivity index (χ3n) is 2.14. The number of nitrogens with one attached hydrogen (secondary N) is 2. The van der Waals surface area contributed by atoms with Gasteiger partial charge in [-0.25, -0.2) is 4.79 Å². The second kappa shape index (κ2) is 6.75. The fourth-order valence-electron chi connectivity index (χ4n) is 1.18. The number of carbonyl (C=O) groups is 1. The van der Waals surface area contributed by atoms with Gasteiger partial charge in [0, 0.05) is 0 Å². The summed E-state index contributed by atoms with van der Waals surface area (Å²) in [7, 11) is 1.21. The van der Waals surface area contributed by atoms with Gasteiger partial charge in [-0.1, -0.05) is 23.2 Å². The number of carbonyl (C=O) groups excluding carboxylic acids is 1. The van der Waals surface area contributed by atoms with Crippen LogP contribution in [0.3, 0.4) is 0 Å². The Balaban J connectivity index is 3.23. The summed E-state index contributed by atoms with van der Waals surface area (Å²) in [6, 6.07) is 4.42. The highest BCUT2D eigenvalue weighted by Gasteiger charge is 2.16.